The topological polar surface area (TPSA) is 123 Å². The highest BCUT2D eigenvalue weighted by Crippen LogP contribution is 2.39. The van der Waals surface area contributed by atoms with Crippen LogP contribution in [0.3, 0.4) is 0 Å². The summed E-state index contributed by atoms with van der Waals surface area (Å²) in [5.41, 5.74) is 6.09. The Bertz CT molecular complexity index is 2320. The summed E-state index contributed by atoms with van der Waals surface area (Å²) < 4.78 is 44.1. The first kappa shape index (κ1) is 56.8. The molecule has 0 saturated heterocycles. The minimum absolute atomic E-state index is 0.0404. The van der Waals surface area contributed by atoms with Gasteiger partial charge >= 0.3 is 5.97 Å². The third kappa shape index (κ3) is 17.8. The van der Waals surface area contributed by atoms with E-state index in [1.807, 2.05) is 88.4 Å². The number of ether oxygens (including phenoxy) is 2. The van der Waals surface area contributed by atoms with Gasteiger partial charge in [0.2, 0.25) is 5.91 Å². The van der Waals surface area contributed by atoms with Crippen LogP contribution in [-0.2, 0) is 25.0 Å². The maximum atomic E-state index is 15.0. The molecule has 4 aromatic carbocycles. The third-order valence-electron chi connectivity index (χ3n) is 12.9. The Morgan fingerprint density at radius 1 is 0.609 bits per heavy atom. The van der Waals surface area contributed by atoms with E-state index in [-0.39, 0.29) is 29.1 Å². The van der Waals surface area contributed by atoms with Crippen LogP contribution in [0, 0.1) is 0 Å². The number of anilines is 4. The van der Waals surface area contributed by atoms with Crippen molar-refractivity contribution in [2.75, 3.05) is 22.0 Å². The highest BCUT2D eigenvalue weighted by molar-refractivity contribution is 7.92. The van der Waals surface area contributed by atoms with E-state index >= 15 is 4.79 Å². The fourth-order valence-electron chi connectivity index (χ4n) is 8.83. The summed E-state index contributed by atoms with van der Waals surface area (Å²) in [4.78, 5) is 27.5. The average molecular weight is 966 g/mol. The molecule has 4 aromatic rings. The standard InChI is InChI=1S/C59H87N3O6S/c1-13-15-17-19-20-21-22-23-24-25-27-50(45-28-35-56(68-44(9)63)53(39-45)59(10,11)12)58(64)61-55-40-48(31-34-54(55)60-47-29-32-49(33-30-47)67-36-26-18-16-14-2)62-69(65,66)57-51(42(5)6)37-46(41(3)4)38-52(57)43(7)8/h28-35,37-43,50,60,62H,13-27,36H2,1-12H3,(H,61,64). The Morgan fingerprint density at radius 2 is 1.16 bits per heavy atom. The number of hydrogen-bond acceptors (Lipinski definition) is 7. The van der Waals surface area contributed by atoms with E-state index in [1.54, 1.807) is 12.1 Å². The molecule has 69 heavy (non-hydrogen) atoms. The van der Waals surface area contributed by atoms with Gasteiger partial charge in [-0.3, -0.25) is 14.3 Å². The van der Waals surface area contributed by atoms with Gasteiger partial charge in [0.05, 0.1) is 34.5 Å². The van der Waals surface area contributed by atoms with Crippen molar-refractivity contribution in [3.63, 3.8) is 0 Å². The molecular formula is C59H87N3O6S. The van der Waals surface area contributed by atoms with Gasteiger partial charge in [-0.15, -0.1) is 0 Å². The zero-order chi connectivity index (χ0) is 50.7. The van der Waals surface area contributed by atoms with Crippen LogP contribution in [0.5, 0.6) is 11.5 Å². The second-order valence-corrected chi connectivity index (χ2v) is 22.6. The first-order chi connectivity index (χ1) is 32.7. The number of esters is 1. The third-order valence-corrected chi connectivity index (χ3v) is 14.4. The van der Waals surface area contributed by atoms with Crippen LogP contribution in [0.1, 0.15) is 231 Å². The predicted molar refractivity (Wildman–Crippen MR) is 290 cm³/mol. The number of hydrogen-bond donors (Lipinski definition) is 3. The number of carbonyl (C=O) groups excluding carboxylic acids is 2. The van der Waals surface area contributed by atoms with Crippen molar-refractivity contribution in [1.82, 2.24) is 0 Å². The molecule has 3 N–H and O–H groups in total. The number of carbonyl (C=O) groups is 2. The van der Waals surface area contributed by atoms with Crippen LogP contribution >= 0.6 is 0 Å². The van der Waals surface area contributed by atoms with E-state index < -0.39 is 21.9 Å². The molecule has 0 aliphatic carbocycles. The number of sulfonamides is 1. The van der Waals surface area contributed by atoms with E-state index in [9.17, 15) is 13.2 Å². The zero-order valence-corrected chi connectivity index (χ0v) is 45.2. The zero-order valence-electron chi connectivity index (χ0n) is 44.4. The molecule has 0 saturated carbocycles. The molecule has 1 amide bonds. The average Bonchev–Trinajstić information content (AvgIpc) is 3.28. The largest absolute Gasteiger partial charge is 0.494 e. The molecule has 0 aliphatic heterocycles. The molecule has 0 radical (unpaired) electrons. The lowest BCUT2D eigenvalue weighted by molar-refractivity contribution is -0.132. The second-order valence-electron chi connectivity index (χ2n) is 21.0. The fourth-order valence-corrected chi connectivity index (χ4v) is 10.6. The summed E-state index contributed by atoms with van der Waals surface area (Å²) in [7, 11) is -4.09. The van der Waals surface area contributed by atoms with E-state index in [1.165, 1.54) is 64.7 Å². The van der Waals surface area contributed by atoms with Crippen molar-refractivity contribution >= 4 is 44.6 Å². The first-order valence-electron chi connectivity index (χ1n) is 26.2. The Hall–Kier alpha value is -4.83. The monoisotopic (exact) mass is 966 g/mol. The molecule has 0 heterocycles. The van der Waals surface area contributed by atoms with Crippen molar-refractivity contribution in [3.8, 4) is 11.5 Å². The molecule has 0 bridgehead atoms. The van der Waals surface area contributed by atoms with Gasteiger partial charge in [-0.1, -0.05) is 184 Å². The lowest BCUT2D eigenvalue weighted by atomic mass is 9.82. The van der Waals surface area contributed by atoms with Crippen molar-refractivity contribution in [2.45, 2.75) is 213 Å². The molecule has 0 aromatic heterocycles. The molecule has 10 heteroatoms. The summed E-state index contributed by atoms with van der Waals surface area (Å²) in [5, 5.41) is 6.78. The Morgan fingerprint density at radius 3 is 1.70 bits per heavy atom. The van der Waals surface area contributed by atoms with E-state index in [0.717, 1.165) is 71.4 Å². The SMILES string of the molecule is CCCCCCCCCCCCC(C(=O)Nc1cc(NS(=O)(=O)c2c(C(C)C)cc(C(C)C)cc2C(C)C)ccc1Nc1ccc(OCCCCCC)cc1)c1ccc(OC(C)=O)c(C(C)(C)C)c1. The van der Waals surface area contributed by atoms with Crippen LogP contribution in [0.4, 0.5) is 22.7 Å². The number of benzene rings is 4. The minimum atomic E-state index is -4.09. The van der Waals surface area contributed by atoms with E-state index in [4.69, 9.17) is 9.47 Å². The van der Waals surface area contributed by atoms with Crippen molar-refractivity contribution in [1.29, 1.82) is 0 Å². The number of amides is 1. The summed E-state index contributed by atoms with van der Waals surface area (Å²) in [6.07, 6.45) is 16.9. The van der Waals surface area contributed by atoms with Crippen molar-refractivity contribution in [2.24, 2.45) is 0 Å². The molecule has 1 unspecified atom stereocenters. The Labute approximate surface area is 417 Å². The molecule has 4 rings (SSSR count). The van der Waals surface area contributed by atoms with E-state index in [0.29, 0.717) is 40.7 Å². The minimum Gasteiger partial charge on any atom is -0.494 e. The second kappa shape index (κ2) is 27.5. The summed E-state index contributed by atoms with van der Waals surface area (Å²) >= 11 is 0. The Kier molecular flexibility index (Phi) is 22.6. The van der Waals surface area contributed by atoms with Gasteiger partial charge in [0.25, 0.3) is 10.0 Å². The van der Waals surface area contributed by atoms with Crippen LogP contribution in [0.15, 0.2) is 77.7 Å². The predicted octanol–water partition coefficient (Wildman–Crippen LogP) is 16.8. The van der Waals surface area contributed by atoms with Crippen LogP contribution < -0.4 is 24.8 Å². The van der Waals surface area contributed by atoms with E-state index in [2.05, 4.69) is 63.8 Å². The summed E-state index contributed by atoms with van der Waals surface area (Å²) in [5.74, 6) is 0.253. The molecule has 380 valence electrons. The molecule has 0 fully saturated rings. The van der Waals surface area contributed by atoms with Gasteiger partial charge in [0, 0.05) is 18.2 Å². The van der Waals surface area contributed by atoms with Crippen LogP contribution in [0.2, 0.25) is 0 Å². The quantitative estimate of drug-likeness (QED) is 0.0281. The smallest absolute Gasteiger partial charge is 0.308 e. The summed E-state index contributed by atoms with van der Waals surface area (Å²) in [6.45, 7) is 25.1. The molecular weight excluding hydrogens is 879 g/mol. The van der Waals surface area contributed by atoms with Gasteiger partial charge in [-0.05, 0) is 107 Å². The number of rotatable bonds is 29. The first-order valence-corrected chi connectivity index (χ1v) is 27.7. The highest BCUT2D eigenvalue weighted by atomic mass is 32.2. The van der Waals surface area contributed by atoms with Crippen LogP contribution in [-0.4, -0.2) is 26.9 Å². The lowest BCUT2D eigenvalue weighted by Crippen LogP contribution is -2.23. The van der Waals surface area contributed by atoms with Gasteiger partial charge < -0.3 is 20.1 Å². The molecule has 0 aliphatic rings. The highest BCUT2D eigenvalue weighted by Gasteiger charge is 2.29. The normalized spacial score (nSPS) is 12.4. The Balaban J connectivity index is 1.75. The number of nitrogens with one attached hydrogen (secondary N) is 3. The van der Waals surface area contributed by atoms with Gasteiger partial charge in [0.15, 0.2) is 0 Å². The lowest BCUT2D eigenvalue weighted by Gasteiger charge is -2.26. The molecule has 0 spiro atoms. The number of unbranched alkanes of at least 4 members (excludes halogenated alkanes) is 12. The fraction of sp³-hybridized carbons (Fsp3) is 0.559. The summed E-state index contributed by atoms with van der Waals surface area (Å²) in [6, 6.07) is 22.8. The van der Waals surface area contributed by atoms with Gasteiger partial charge in [-0.25, -0.2) is 8.42 Å². The van der Waals surface area contributed by atoms with Gasteiger partial charge in [0.1, 0.15) is 11.5 Å². The van der Waals surface area contributed by atoms with Crippen molar-refractivity contribution in [3.05, 3.63) is 101 Å². The van der Waals surface area contributed by atoms with Crippen molar-refractivity contribution < 1.29 is 27.5 Å². The maximum absolute atomic E-state index is 15.0. The molecule has 1 atom stereocenters. The van der Waals surface area contributed by atoms with Crippen LogP contribution in [0.25, 0.3) is 0 Å². The maximum Gasteiger partial charge on any atom is 0.308 e. The molecule has 9 nitrogen and oxygen atoms in total. The van der Waals surface area contributed by atoms with Gasteiger partial charge in [-0.2, -0.15) is 0 Å².